The van der Waals surface area contributed by atoms with Crippen molar-refractivity contribution < 1.29 is 11.7 Å². The van der Waals surface area contributed by atoms with Gasteiger partial charge in [-0.15, -0.1) is 11.7 Å². The predicted octanol–water partition coefficient (Wildman–Crippen LogP) is 2.85. The van der Waals surface area contributed by atoms with E-state index in [-0.39, 0.29) is 0 Å². The van der Waals surface area contributed by atoms with E-state index in [4.69, 9.17) is 0 Å². The maximum Gasteiger partial charge on any atom is 0.211 e. The molecular formula is C3H7F3S. The summed E-state index contributed by atoms with van der Waals surface area (Å²) in [6.07, 6.45) is 0. The zero-order chi connectivity index (χ0) is 6.08. The lowest BCUT2D eigenvalue weighted by molar-refractivity contribution is 0.613. The molecule has 0 saturated carbocycles. The van der Waals surface area contributed by atoms with Gasteiger partial charge in [0.1, 0.15) is 0 Å². The van der Waals surface area contributed by atoms with Crippen LogP contribution in [0.5, 0.6) is 0 Å². The first-order valence-electron chi connectivity index (χ1n) is 1.85. The SMILES string of the molecule is CC(C)S(F)(F)F. The fraction of sp³-hybridized carbons (Fsp3) is 1.00. The number of halogens is 3. The lowest BCUT2D eigenvalue weighted by Gasteiger charge is -2.12. The zero-order valence-corrected chi connectivity index (χ0v) is 4.94. The van der Waals surface area contributed by atoms with Crippen molar-refractivity contribution in [3.8, 4) is 0 Å². The smallest absolute Gasteiger partial charge is 0.125 e. The van der Waals surface area contributed by atoms with E-state index in [0.717, 1.165) is 13.8 Å². The third-order valence-electron chi connectivity index (χ3n) is 0.535. The lowest BCUT2D eigenvalue weighted by atomic mass is 10.6. The largest absolute Gasteiger partial charge is 0.211 e. The fourth-order valence-electron chi connectivity index (χ4n) is 0. The Kier molecular flexibility index (Phi) is 1.98. The van der Waals surface area contributed by atoms with Crippen molar-refractivity contribution in [1.82, 2.24) is 0 Å². The minimum atomic E-state index is -4.74. The molecule has 0 aliphatic heterocycles. The Morgan fingerprint density at radius 1 is 1.14 bits per heavy atom. The summed E-state index contributed by atoms with van der Waals surface area (Å²) >= 11 is -4.74. The predicted molar refractivity (Wildman–Crippen MR) is 26.1 cm³/mol. The third kappa shape index (κ3) is 2.79. The molecule has 0 aliphatic rings. The highest BCUT2D eigenvalue weighted by Crippen LogP contribution is 2.57. The molecule has 0 amide bonds. The van der Waals surface area contributed by atoms with Gasteiger partial charge in [-0.1, -0.05) is 0 Å². The maximum absolute atomic E-state index is 11.3. The molecule has 0 rings (SSSR count). The van der Waals surface area contributed by atoms with Gasteiger partial charge in [0.2, 0.25) is 11.2 Å². The molecule has 7 heavy (non-hydrogen) atoms. The molecule has 0 aromatic carbocycles. The van der Waals surface area contributed by atoms with Gasteiger partial charge in [0, 0.05) is 0 Å². The van der Waals surface area contributed by atoms with Crippen molar-refractivity contribution >= 4 is 11.2 Å². The Bertz CT molecular complexity index is 55.7. The van der Waals surface area contributed by atoms with Crippen LogP contribution in [0.1, 0.15) is 13.8 Å². The average Bonchev–Trinajstić information content (AvgIpc) is 1.31. The minimum Gasteiger partial charge on any atom is -0.125 e. The Morgan fingerprint density at radius 2 is 1.29 bits per heavy atom. The van der Waals surface area contributed by atoms with Crippen molar-refractivity contribution in [2.75, 3.05) is 0 Å². The van der Waals surface area contributed by atoms with E-state index in [2.05, 4.69) is 0 Å². The normalized spacial score (nSPS) is 15.1. The van der Waals surface area contributed by atoms with E-state index < -0.39 is 16.4 Å². The lowest BCUT2D eigenvalue weighted by Crippen LogP contribution is -1.93. The molecule has 0 nitrogen and oxygen atoms in total. The van der Waals surface area contributed by atoms with Gasteiger partial charge in [0.25, 0.3) is 0 Å². The van der Waals surface area contributed by atoms with Gasteiger partial charge in [-0.05, 0) is 13.8 Å². The molecule has 0 radical (unpaired) electrons. The molecule has 4 heteroatoms. The highest BCUT2D eigenvalue weighted by Gasteiger charge is 2.25. The van der Waals surface area contributed by atoms with E-state index in [0.29, 0.717) is 0 Å². The van der Waals surface area contributed by atoms with Crippen molar-refractivity contribution in [1.29, 1.82) is 0 Å². The van der Waals surface area contributed by atoms with Crippen LogP contribution < -0.4 is 0 Å². The van der Waals surface area contributed by atoms with E-state index in [1.165, 1.54) is 0 Å². The zero-order valence-electron chi connectivity index (χ0n) is 4.12. The molecule has 0 N–H and O–H groups in total. The summed E-state index contributed by atoms with van der Waals surface area (Å²) in [5, 5.41) is -1.12. The van der Waals surface area contributed by atoms with Crippen LogP contribution in [0.15, 0.2) is 0 Å². The van der Waals surface area contributed by atoms with Crippen LogP contribution in [-0.4, -0.2) is 5.25 Å². The number of hydrogen-bond donors (Lipinski definition) is 0. The second-order valence-electron chi connectivity index (χ2n) is 1.49. The summed E-state index contributed by atoms with van der Waals surface area (Å²) in [7, 11) is 0. The average molecular weight is 132 g/mol. The van der Waals surface area contributed by atoms with Gasteiger partial charge < -0.3 is 0 Å². The quantitative estimate of drug-likeness (QED) is 0.514. The second-order valence-corrected chi connectivity index (χ2v) is 3.32. The Morgan fingerprint density at radius 3 is 1.29 bits per heavy atom. The van der Waals surface area contributed by atoms with Crippen LogP contribution >= 0.6 is 11.2 Å². The monoisotopic (exact) mass is 132 g/mol. The van der Waals surface area contributed by atoms with Crippen molar-refractivity contribution in [3.05, 3.63) is 0 Å². The van der Waals surface area contributed by atoms with Crippen molar-refractivity contribution in [3.63, 3.8) is 0 Å². The first-order valence-corrected chi connectivity index (χ1v) is 3.25. The summed E-state index contributed by atoms with van der Waals surface area (Å²) in [5.41, 5.74) is 0. The molecule has 0 atom stereocenters. The third-order valence-corrected chi connectivity index (χ3v) is 1.60. The Labute approximate surface area is 42.9 Å². The first-order chi connectivity index (χ1) is 2.94. The summed E-state index contributed by atoms with van der Waals surface area (Å²) in [4.78, 5) is 0. The molecule has 0 aromatic rings. The Balaban J connectivity index is 3.54. The van der Waals surface area contributed by atoms with E-state index in [1.807, 2.05) is 0 Å². The van der Waals surface area contributed by atoms with Crippen LogP contribution in [0.25, 0.3) is 0 Å². The molecule has 0 spiro atoms. The number of rotatable bonds is 1. The molecule has 0 aliphatic carbocycles. The molecule has 0 unspecified atom stereocenters. The summed E-state index contributed by atoms with van der Waals surface area (Å²) in [5.74, 6) is 0. The van der Waals surface area contributed by atoms with Crippen LogP contribution in [0.4, 0.5) is 11.7 Å². The van der Waals surface area contributed by atoms with Crippen molar-refractivity contribution in [2.45, 2.75) is 19.1 Å². The number of hydrogen-bond acceptors (Lipinski definition) is 0. The van der Waals surface area contributed by atoms with E-state index >= 15 is 0 Å². The highest BCUT2D eigenvalue weighted by atomic mass is 32.3. The summed E-state index contributed by atoms with van der Waals surface area (Å²) < 4.78 is 33.8. The molecule has 0 fully saturated rings. The second kappa shape index (κ2) is 1.94. The maximum atomic E-state index is 11.3. The molecule has 0 bridgehead atoms. The van der Waals surface area contributed by atoms with E-state index in [1.54, 1.807) is 0 Å². The van der Waals surface area contributed by atoms with Crippen LogP contribution in [-0.2, 0) is 0 Å². The van der Waals surface area contributed by atoms with Gasteiger partial charge in [-0.25, -0.2) is 0 Å². The minimum absolute atomic E-state index is 1.12. The molecule has 0 heterocycles. The first kappa shape index (κ1) is 7.14. The van der Waals surface area contributed by atoms with Crippen LogP contribution in [0.3, 0.4) is 0 Å². The van der Waals surface area contributed by atoms with Gasteiger partial charge in [0.05, 0.1) is 5.25 Å². The van der Waals surface area contributed by atoms with Crippen molar-refractivity contribution in [2.24, 2.45) is 0 Å². The van der Waals surface area contributed by atoms with Gasteiger partial charge in [-0.3, -0.25) is 0 Å². The van der Waals surface area contributed by atoms with Crippen LogP contribution in [0, 0.1) is 0 Å². The topological polar surface area (TPSA) is 0 Å². The summed E-state index contributed by atoms with van der Waals surface area (Å²) in [6, 6.07) is 0. The van der Waals surface area contributed by atoms with Crippen LogP contribution in [0.2, 0.25) is 0 Å². The molecule has 46 valence electrons. The van der Waals surface area contributed by atoms with E-state index in [9.17, 15) is 11.7 Å². The summed E-state index contributed by atoms with van der Waals surface area (Å²) in [6.45, 7) is 2.32. The highest BCUT2D eigenvalue weighted by molar-refractivity contribution is 8.21. The molecular weight excluding hydrogens is 125 g/mol. The fourth-order valence-corrected chi connectivity index (χ4v) is 0. The standard InChI is InChI=1S/C3H7F3S/c1-3(2)7(4,5)6/h3H,1-2H3. The molecule has 0 aromatic heterocycles. The van der Waals surface area contributed by atoms with Gasteiger partial charge >= 0.3 is 0 Å². The molecule has 0 saturated heterocycles. The van der Waals surface area contributed by atoms with Gasteiger partial charge in [-0.2, -0.15) is 0 Å². The van der Waals surface area contributed by atoms with Gasteiger partial charge in [0.15, 0.2) is 0 Å². The Hall–Kier alpha value is 0.140.